The van der Waals surface area contributed by atoms with Gasteiger partial charge in [0.05, 0.1) is 0 Å². The van der Waals surface area contributed by atoms with Crippen molar-refractivity contribution in [2.24, 2.45) is 0 Å². The van der Waals surface area contributed by atoms with Crippen molar-refractivity contribution >= 4 is 23.7 Å². The van der Waals surface area contributed by atoms with E-state index >= 15 is 0 Å². The molecule has 0 aliphatic heterocycles. The molecule has 0 unspecified atom stereocenters. The molecule has 0 heterocycles. The van der Waals surface area contributed by atoms with Crippen LogP contribution in [0.2, 0.25) is 0 Å². The number of ketones is 2. The van der Waals surface area contributed by atoms with Gasteiger partial charge in [0.15, 0.2) is 11.6 Å². The molecule has 2 nitrogen and oxygen atoms in total. The number of allylic oxidation sites excluding steroid dienone is 2. The summed E-state index contributed by atoms with van der Waals surface area (Å²) in [5.41, 5.74) is 1.89. The van der Waals surface area contributed by atoms with Crippen LogP contribution < -0.4 is 0 Å². The number of rotatable bonds is 7. The lowest BCUT2D eigenvalue weighted by Gasteiger charge is -2.11. The third-order valence-electron chi connectivity index (χ3n) is 4.32. The van der Waals surface area contributed by atoms with Gasteiger partial charge in [-0.3, -0.25) is 9.59 Å². The molecule has 0 aromatic heterocycles. The van der Waals surface area contributed by atoms with Gasteiger partial charge in [-0.25, -0.2) is 8.78 Å². The van der Waals surface area contributed by atoms with Gasteiger partial charge in [-0.15, -0.1) is 0 Å². The van der Waals surface area contributed by atoms with E-state index in [1.54, 1.807) is 66.7 Å². The zero-order valence-electron chi connectivity index (χ0n) is 15.5. The fourth-order valence-corrected chi connectivity index (χ4v) is 2.81. The first-order chi connectivity index (χ1) is 14.0. The minimum absolute atomic E-state index is 0.364. The monoisotopic (exact) mass is 388 g/mol. The van der Waals surface area contributed by atoms with Gasteiger partial charge in [0.1, 0.15) is 17.6 Å². The largest absolute Gasteiger partial charge is 0.294 e. The van der Waals surface area contributed by atoms with Crippen LogP contribution in [0.25, 0.3) is 12.2 Å². The standard InChI is InChI=1S/C25H18F2O2/c26-21-12-6-18(7-13-21)10-16-23(28)25(20-4-2-1-3-5-20)24(29)17-11-19-8-14-22(27)15-9-19/h1-17,25H. The van der Waals surface area contributed by atoms with Crippen LogP contribution in [0.4, 0.5) is 8.78 Å². The summed E-state index contributed by atoms with van der Waals surface area (Å²) in [5.74, 6) is -2.48. The Morgan fingerprint density at radius 2 is 1.03 bits per heavy atom. The molecule has 0 saturated carbocycles. The molecular formula is C25H18F2O2. The van der Waals surface area contributed by atoms with Gasteiger partial charge in [0.25, 0.3) is 0 Å². The van der Waals surface area contributed by atoms with Crippen molar-refractivity contribution in [3.05, 3.63) is 119 Å². The lowest BCUT2D eigenvalue weighted by Crippen LogP contribution is -2.18. The van der Waals surface area contributed by atoms with E-state index in [-0.39, 0.29) is 23.2 Å². The number of hydrogen-bond donors (Lipinski definition) is 0. The van der Waals surface area contributed by atoms with Crippen molar-refractivity contribution in [3.8, 4) is 0 Å². The third kappa shape index (κ3) is 5.66. The lowest BCUT2D eigenvalue weighted by atomic mass is 9.89. The number of carbonyl (C=O) groups is 2. The number of benzene rings is 3. The molecule has 3 rings (SSSR count). The molecule has 3 aromatic carbocycles. The van der Waals surface area contributed by atoms with Gasteiger partial charge in [0.2, 0.25) is 0 Å². The minimum atomic E-state index is -0.996. The van der Waals surface area contributed by atoms with Crippen LogP contribution in [0.15, 0.2) is 91.0 Å². The van der Waals surface area contributed by atoms with Gasteiger partial charge < -0.3 is 0 Å². The fraction of sp³-hybridized carbons (Fsp3) is 0.0400. The van der Waals surface area contributed by atoms with E-state index < -0.39 is 5.92 Å². The number of carbonyl (C=O) groups excluding carboxylic acids is 2. The molecule has 4 heteroatoms. The summed E-state index contributed by atoms with van der Waals surface area (Å²) in [5, 5.41) is 0. The van der Waals surface area contributed by atoms with Crippen molar-refractivity contribution in [3.63, 3.8) is 0 Å². The average Bonchev–Trinajstić information content (AvgIpc) is 2.74. The van der Waals surface area contributed by atoms with Crippen LogP contribution in [0, 0.1) is 11.6 Å². The average molecular weight is 388 g/mol. The molecule has 0 N–H and O–H groups in total. The Morgan fingerprint density at radius 3 is 1.45 bits per heavy atom. The smallest absolute Gasteiger partial charge is 0.170 e. The molecule has 0 bridgehead atoms. The van der Waals surface area contributed by atoms with E-state index in [9.17, 15) is 18.4 Å². The van der Waals surface area contributed by atoms with Gasteiger partial charge >= 0.3 is 0 Å². The van der Waals surface area contributed by atoms with Gasteiger partial charge in [-0.1, -0.05) is 66.7 Å². The normalized spacial score (nSPS) is 12.3. The minimum Gasteiger partial charge on any atom is -0.294 e. The van der Waals surface area contributed by atoms with Crippen molar-refractivity contribution in [2.45, 2.75) is 5.92 Å². The molecule has 144 valence electrons. The van der Waals surface area contributed by atoms with E-state index in [2.05, 4.69) is 0 Å². The van der Waals surface area contributed by atoms with Crippen LogP contribution in [0.1, 0.15) is 22.6 Å². The topological polar surface area (TPSA) is 34.1 Å². The Morgan fingerprint density at radius 1 is 0.621 bits per heavy atom. The van der Waals surface area contributed by atoms with Crippen molar-refractivity contribution in [2.75, 3.05) is 0 Å². The molecule has 29 heavy (non-hydrogen) atoms. The first kappa shape index (κ1) is 20.1. The van der Waals surface area contributed by atoms with Crippen molar-refractivity contribution < 1.29 is 18.4 Å². The Balaban J connectivity index is 1.84. The second-order valence-electron chi connectivity index (χ2n) is 6.42. The van der Waals surface area contributed by atoms with Crippen LogP contribution in [0.3, 0.4) is 0 Å². The summed E-state index contributed by atoms with van der Waals surface area (Å²) in [6, 6.07) is 20.2. The Kier molecular flexibility index (Phi) is 6.59. The maximum absolute atomic E-state index is 13.0. The molecule has 0 atom stereocenters. The Bertz CT molecular complexity index is 967. The molecule has 0 aliphatic rings. The maximum Gasteiger partial charge on any atom is 0.170 e. The first-order valence-corrected chi connectivity index (χ1v) is 9.03. The van der Waals surface area contributed by atoms with Gasteiger partial charge in [-0.2, -0.15) is 0 Å². The highest BCUT2D eigenvalue weighted by molar-refractivity contribution is 6.17. The SMILES string of the molecule is O=C(C=Cc1ccc(F)cc1)C(C(=O)C=Cc1ccc(F)cc1)c1ccccc1. The van der Waals surface area contributed by atoms with Crippen molar-refractivity contribution in [1.29, 1.82) is 0 Å². The molecule has 0 spiro atoms. The summed E-state index contributed by atoms with van der Waals surface area (Å²) in [7, 11) is 0. The quantitative estimate of drug-likeness (QED) is 0.389. The van der Waals surface area contributed by atoms with Gasteiger partial charge in [-0.05, 0) is 53.1 Å². The Labute approximate surface area is 167 Å². The van der Waals surface area contributed by atoms with E-state index in [4.69, 9.17) is 0 Å². The van der Waals surface area contributed by atoms with Crippen LogP contribution in [0.5, 0.6) is 0 Å². The van der Waals surface area contributed by atoms with E-state index in [1.807, 2.05) is 0 Å². The lowest BCUT2D eigenvalue weighted by molar-refractivity contribution is -0.124. The summed E-state index contributed by atoms with van der Waals surface area (Å²) >= 11 is 0. The first-order valence-electron chi connectivity index (χ1n) is 9.03. The summed E-state index contributed by atoms with van der Waals surface area (Å²) in [6.07, 6.45) is 5.76. The molecular weight excluding hydrogens is 370 g/mol. The van der Waals surface area contributed by atoms with Crippen molar-refractivity contribution in [1.82, 2.24) is 0 Å². The van der Waals surface area contributed by atoms with Crippen LogP contribution >= 0.6 is 0 Å². The molecule has 0 amide bonds. The predicted molar refractivity (Wildman–Crippen MR) is 110 cm³/mol. The number of hydrogen-bond acceptors (Lipinski definition) is 2. The van der Waals surface area contributed by atoms with Crippen LogP contribution in [-0.2, 0) is 9.59 Å². The second kappa shape index (κ2) is 9.51. The van der Waals surface area contributed by atoms with E-state index in [0.29, 0.717) is 16.7 Å². The Hall–Kier alpha value is -3.66. The zero-order valence-corrected chi connectivity index (χ0v) is 15.5. The molecule has 0 radical (unpaired) electrons. The summed E-state index contributed by atoms with van der Waals surface area (Å²) in [4.78, 5) is 25.6. The zero-order chi connectivity index (χ0) is 20.6. The van der Waals surface area contributed by atoms with E-state index in [1.165, 1.54) is 36.4 Å². The van der Waals surface area contributed by atoms with Crippen LogP contribution in [-0.4, -0.2) is 11.6 Å². The maximum atomic E-state index is 13.0. The third-order valence-corrected chi connectivity index (χ3v) is 4.32. The molecule has 0 saturated heterocycles. The fourth-order valence-electron chi connectivity index (χ4n) is 2.81. The predicted octanol–water partition coefficient (Wildman–Crippen LogP) is 5.61. The van der Waals surface area contributed by atoms with Gasteiger partial charge in [0, 0.05) is 0 Å². The highest BCUT2D eigenvalue weighted by atomic mass is 19.1. The van der Waals surface area contributed by atoms with E-state index in [0.717, 1.165) is 0 Å². The second-order valence-corrected chi connectivity index (χ2v) is 6.42. The summed E-state index contributed by atoms with van der Waals surface area (Å²) in [6.45, 7) is 0. The number of halogens is 2. The highest BCUT2D eigenvalue weighted by Gasteiger charge is 2.24. The highest BCUT2D eigenvalue weighted by Crippen LogP contribution is 2.21. The molecule has 0 aliphatic carbocycles. The molecule has 0 fully saturated rings. The molecule has 3 aromatic rings. The summed E-state index contributed by atoms with van der Waals surface area (Å²) < 4.78 is 26.0.